The summed E-state index contributed by atoms with van der Waals surface area (Å²) < 4.78 is 0. The maximum atomic E-state index is 2.47. The quantitative estimate of drug-likeness (QED) is 0.174. The standard InChI is InChI=1S/C49H35N/c1-49(2)44-15-8-7-14-43(44)48-45(49)16-9-17-46(48)50(39-26-24-33(25-27-39)37-22-18-32-10-3-4-12-36(32)30-37)40-28-29-42-38(31-40)23-21-35-20-19-34-11-5-6-13-41(34)47(35)42/h3-31H,1-2H3. The van der Waals surface area contributed by atoms with Gasteiger partial charge in [-0.1, -0.05) is 153 Å². The monoisotopic (exact) mass is 637 g/mol. The van der Waals surface area contributed by atoms with Crippen LogP contribution in [0.1, 0.15) is 25.0 Å². The molecule has 0 N–H and O–H groups in total. The van der Waals surface area contributed by atoms with Gasteiger partial charge in [0.2, 0.25) is 0 Å². The van der Waals surface area contributed by atoms with E-state index in [1.165, 1.54) is 82.2 Å². The van der Waals surface area contributed by atoms with E-state index < -0.39 is 0 Å². The lowest BCUT2D eigenvalue weighted by molar-refractivity contribution is 0.660. The van der Waals surface area contributed by atoms with Gasteiger partial charge in [-0.2, -0.15) is 0 Å². The van der Waals surface area contributed by atoms with E-state index in [2.05, 4.69) is 195 Å². The zero-order valence-electron chi connectivity index (χ0n) is 28.2. The number of nitrogens with zero attached hydrogens (tertiary/aromatic N) is 1. The lowest BCUT2D eigenvalue weighted by Gasteiger charge is -2.29. The molecule has 10 rings (SSSR count). The molecule has 1 aliphatic rings. The van der Waals surface area contributed by atoms with Crippen LogP contribution in [0.25, 0.3) is 65.3 Å². The van der Waals surface area contributed by atoms with Gasteiger partial charge in [-0.25, -0.2) is 0 Å². The first-order valence-electron chi connectivity index (χ1n) is 17.5. The Kier molecular flexibility index (Phi) is 6.29. The number of rotatable bonds is 4. The van der Waals surface area contributed by atoms with Gasteiger partial charge in [0.15, 0.2) is 0 Å². The molecule has 0 radical (unpaired) electrons. The first-order chi connectivity index (χ1) is 24.5. The Morgan fingerprint density at radius 3 is 1.88 bits per heavy atom. The Morgan fingerprint density at radius 2 is 1.02 bits per heavy atom. The van der Waals surface area contributed by atoms with Gasteiger partial charge in [-0.15, -0.1) is 0 Å². The second-order valence-electron chi connectivity index (χ2n) is 14.2. The van der Waals surface area contributed by atoms with E-state index in [-0.39, 0.29) is 5.41 Å². The van der Waals surface area contributed by atoms with Crippen LogP contribution in [0, 0.1) is 0 Å². The third kappa shape index (κ3) is 4.33. The third-order valence-corrected chi connectivity index (χ3v) is 11.0. The number of hydrogen-bond acceptors (Lipinski definition) is 1. The fraction of sp³-hybridized carbons (Fsp3) is 0.0612. The van der Waals surface area contributed by atoms with Crippen molar-refractivity contribution in [2.24, 2.45) is 0 Å². The topological polar surface area (TPSA) is 3.24 Å². The lowest BCUT2D eigenvalue weighted by Crippen LogP contribution is -2.16. The highest BCUT2D eigenvalue weighted by Gasteiger charge is 2.37. The summed E-state index contributed by atoms with van der Waals surface area (Å²) >= 11 is 0. The molecule has 9 aromatic carbocycles. The Bertz CT molecular complexity index is 2790. The molecule has 1 heteroatoms. The van der Waals surface area contributed by atoms with Crippen LogP contribution in [0.5, 0.6) is 0 Å². The van der Waals surface area contributed by atoms with E-state index in [9.17, 15) is 0 Å². The molecule has 0 aromatic heterocycles. The van der Waals surface area contributed by atoms with Gasteiger partial charge in [0.1, 0.15) is 0 Å². The smallest absolute Gasteiger partial charge is 0.0543 e. The minimum atomic E-state index is -0.0864. The third-order valence-electron chi connectivity index (χ3n) is 11.0. The van der Waals surface area contributed by atoms with E-state index in [1.54, 1.807) is 0 Å². The molecule has 1 aliphatic carbocycles. The van der Waals surface area contributed by atoms with E-state index in [1.807, 2.05) is 0 Å². The summed E-state index contributed by atoms with van der Waals surface area (Å²) in [6.07, 6.45) is 0. The molecule has 0 bridgehead atoms. The summed E-state index contributed by atoms with van der Waals surface area (Å²) in [5.41, 5.74) is 11.2. The zero-order valence-corrected chi connectivity index (χ0v) is 28.2. The maximum Gasteiger partial charge on any atom is 0.0543 e. The van der Waals surface area contributed by atoms with Crippen LogP contribution in [0.15, 0.2) is 176 Å². The maximum absolute atomic E-state index is 2.47. The highest BCUT2D eigenvalue weighted by Crippen LogP contribution is 2.54. The van der Waals surface area contributed by atoms with Gasteiger partial charge in [0.25, 0.3) is 0 Å². The van der Waals surface area contributed by atoms with Crippen LogP contribution in [0.3, 0.4) is 0 Å². The molecule has 0 saturated carbocycles. The van der Waals surface area contributed by atoms with Gasteiger partial charge >= 0.3 is 0 Å². The minimum absolute atomic E-state index is 0.0864. The molecule has 0 atom stereocenters. The minimum Gasteiger partial charge on any atom is -0.310 e. The zero-order chi connectivity index (χ0) is 33.4. The molecule has 0 fully saturated rings. The average Bonchev–Trinajstić information content (AvgIpc) is 3.41. The number of benzene rings is 9. The van der Waals surface area contributed by atoms with Crippen molar-refractivity contribution < 1.29 is 0 Å². The van der Waals surface area contributed by atoms with Gasteiger partial charge < -0.3 is 4.90 Å². The van der Waals surface area contributed by atoms with E-state index in [0.717, 1.165) is 11.4 Å². The summed E-state index contributed by atoms with van der Waals surface area (Å²) in [4.78, 5) is 2.47. The Hall–Kier alpha value is -6.18. The molecule has 50 heavy (non-hydrogen) atoms. The molecule has 0 spiro atoms. The van der Waals surface area contributed by atoms with Crippen LogP contribution in [0.4, 0.5) is 17.1 Å². The van der Waals surface area contributed by atoms with Crippen molar-refractivity contribution in [3.05, 3.63) is 187 Å². The van der Waals surface area contributed by atoms with E-state index >= 15 is 0 Å². The van der Waals surface area contributed by atoms with Crippen LogP contribution in [0.2, 0.25) is 0 Å². The van der Waals surface area contributed by atoms with Crippen molar-refractivity contribution in [1.29, 1.82) is 0 Å². The van der Waals surface area contributed by atoms with Crippen molar-refractivity contribution in [3.8, 4) is 22.3 Å². The Morgan fingerprint density at radius 1 is 0.400 bits per heavy atom. The van der Waals surface area contributed by atoms with Crippen molar-refractivity contribution >= 4 is 60.2 Å². The summed E-state index contributed by atoms with van der Waals surface area (Å²) in [7, 11) is 0. The summed E-state index contributed by atoms with van der Waals surface area (Å²) in [5, 5.41) is 10.2. The molecule has 0 saturated heterocycles. The number of anilines is 3. The van der Waals surface area contributed by atoms with Gasteiger partial charge in [-0.05, 0) is 107 Å². The van der Waals surface area contributed by atoms with Gasteiger partial charge in [-0.3, -0.25) is 0 Å². The highest BCUT2D eigenvalue weighted by atomic mass is 15.1. The lowest BCUT2D eigenvalue weighted by atomic mass is 9.82. The van der Waals surface area contributed by atoms with Crippen LogP contribution in [-0.2, 0) is 5.41 Å². The fourth-order valence-corrected chi connectivity index (χ4v) is 8.48. The molecule has 0 aliphatic heterocycles. The summed E-state index contributed by atoms with van der Waals surface area (Å²) in [5.74, 6) is 0. The molecule has 0 unspecified atom stereocenters. The first-order valence-corrected chi connectivity index (χ1v) is 17.5. The van der Waals surface area contributed by atoms with Crippen LogP contribution in [-0.4, -0.2) is 0 Å². The molecule has 9 aromatic rings. The SMILES string of the molecule is CC1(C)c2ccccc2-c2c(N(c3ccc(-c4ccc5ccccc5c4)cc3)c3ccc4c(ccc5ccc6ccccc6c54)c3)cccc21. The van der Waals surface area contributed by atoms with Gasteiger partial charge in [0.05, 0.1) is 5.69 Å². The molecule has 0 amide bonds. The van der Waals surface area contributed by atoms with Crippen molar-refractivity contribution in [2.75, 3.05) is 4.90 Å². The van der Waals surface area contributed by atoms with E-state index in [4.69, 9.17) is 0 Å². The van der Waals surface area contributed by atoms with Crippen LogP contribution >= 0.6 is 0 Å². The molecular weight excluding hydrogens is 603 g/mol. The predicted molar refractivity (Wildman–Crippen MR) is 214 cm³/mol. The molecule has 1 nitrogen and oxygen atoms in total. The molecule has 0 heterocycles. The van der Waals surface area contributed by atoms with Crippen molar-refractivity contribution in [1.82, 2.24) is 0 Å². The van der Waals surface area contributed by atoms with E-state index in [0.29, 0.717) is 0 Å². The first kappa shape index (κ1) is 28.8. The Balaban J connectivity index is 1.18. The normalized spacial score (nSPS) is 13.2. The summed E-state index contributed by atoms with van der Waals surface area (Å²) in [6, 6.07) is 65.0. The predicted octanol–water partition coefficient (Wildman–Crippen LogP) is 13.7. The second-order valence-corrected chi connectivity index (χ2v) is 14.2. The molecular formula is C49H35N. The fourth-order valence-electron chi connectivity index (χ4n) is 8.48. The Labute approximate surface area is 292 Å². The van der Waals surface area contributed by atoms with Crippen molar-refractivity contribution in [2.45, 2.75) is 19.3 Å². The largest absolute Gasteiger partial charge is 0.310 e. The number of fused-ring (bicyclic) bond motifs is 9. The highest BCUT2D eigenvalue weighted by molar-refractivity contribution is 6.20. The average molecular weight is 638 g/mol. The van der Waals surface area contributed by atoms with Gasteiger partial charge in [0, 0.05) is 22.4 Å². The van der Waals surface area contributed by atoms with Crippen molar-refractivity contribution in [3.63, 3.8) is 0 Å². The number of hydrogen-bond donors (Lipinski definition) is 0. The second kappa shape index (κ2) is 10.9. The van der Waals surface area contributed by atoms with Crippen LogP contribution < -0.4 is 4.90 Å². The molecule has 236 valence electrons. The summed E-state index contributed by atoms with van der Waals surface area (Å²) in [6.45, 7) is 4.71.